The average Bonchev–Trinajstić information content (AvgIpc) is 3.46. The van der Waals surface area contributed by atoms with Crippen LogP contribution >= 0.6 is 11.7 Å². The van der Waals surface area contributed by atoms with Gasteiger partial charge in [-0.1, -0.05) is 6.07 Å². The fourth-order valence-electron chi connectivity index (χ4n) is 3.70. The third-order valence-corrected chi connectivity index (χ3v) is 7.16. The summed E-state index contributed by atoms with van der Waals surface area (Å²) in [4.78, 5) is 11.4. The summed E-state index contributed by atoms with van der Waals surface area (Å²) in [7, 11) is -3.79. The second-order valence-electron chi connectivity index (χ2n) is 7.55. The Morgan fingerprint density at radius 1 is 0.969 bits per heavy atom. The van der Waals surface area contributed by atoms with Gasteiger partial charge in [0.15, 0.2) is 0 Å². The fourth-order valence-corrected chi connectivity index (χ4v) is 5.53. The van der Waals surface area contributed by atoms with Gasteiger partial charge < -0.3 is 10.2 Å². The highest BCUT2D eigenvalue weighted by Crippen LogP contribution is 2.26. The third kappa shape index (κ3) is 4.21. The lowest BCUT2D eigenvalue weighted by atomic mass is 10.3. The van der Waals surface area contributed by atoms with Crippen LogP contribution in [0.15, 0.2) is 53.4 Å². The highest BCUT2D eigenvalue weighted by molar-refractivity contribution is 7.93. The van der Waals surface area contributed by atoms with Crippen molar-refractivity contribution in [3.63, 3.8) is 0 Å². The molecule has 0 radical (unpaired) electrons. The van der Waals surface area contributed by atoms with Crippen LogP contribution in [-0.4, -0.2) is 40.2 Å². The quantitative estimate of drug-likeness (QED) is 0.438. The number of benzene rings is 2. The largest absolute Gasteiger partial charge is 0.356 e. The number of aromatic nitrogens is 4. The van der Waals surface area contributed by atoms with Gasteiger partial charge in [-0.2, -0.15) is 8.75 Å². The Morgan fingerprint density at radius 3 is 2.50 bits per heavy atom. The standard InChI is InChI=1S/C21H21N7O2S2/c1-14-22-19(13-20(23-14)28-11-2-3-12-28)24-15-7-9-16(10-8-15)27-32(29,30)18-6-4-5-17-21(18)26-31-25-17/h4-10,13,27H,2-3,11-12H2,1H3,(H,22,23,24). The van der Waals surface area contributed by atoms with E-state index in [9.17, 15) is 8.42 Å². The molecule has 2 aromatic carbocycles. The molecule has 11 heteroatoms. The molecule has 1 aliphatic heterocycles. The van der Waals surface area contributed by atoms with Crippen LogP contribution in [0.1, 0.15) is 18.7 Å². The summed E-state index contributed by atoms with van der Waals surface area (Å²) < 4.78 is 36.6. The lowest BCUT2D eigenvalue weighted by Gasteiger charge is -2.18. The maximum Gasteiger partial charge on any atom is 0.264 e. The zero-order valence-corrected chi connectivity index (χ0v) is 18.9. The third-order valence-electron chi connectivity index (χ3n) is 5.20. The van der Waals surface area contributed by atoms with E-state index in [4.69, 9.17) is 0 Å². The molecular weight excluding hydrogens is 446 g/mol. The first-order valence-electron chi connectivity index (χ1n) is 10.2. The topological polar surface area (TPSA) is 113 Å². The van der Waals surface area contributed by atoms with Crippen LogP contribution in [0.2, 0.25) is 0 Å². The summed E-state index contributed by atoms with van der Waals surface area (Å²) in [5.41, 5.74) is 2.18. The van der Waals surface area contributed by atoms with Crippen LogP contribution in [0, 0.1) is 6.92 Å². The highest BCUT2D eigenvalue weighted by Gasteiger charge is 2.20. The second-order valence-corrected chi connectivity index (χ2v) is 9.73. The molecule has 0 amide bonds. The van der Waals surface area contributed by atoms with E-state index in [1.54, 1.807) is 36.4 Å². The summed E-state index contributed by atoms with van der Waals surface area (Å²) in [6.45, 7) is 3.89. The van der Waals surface area contributed by atoms with E-state index < -0.39 is 10.0 Å². The number of rotatable bonds is 6. The van der Waals surface area contributed by atoms with Crippen molar-refractivity contribution in [2.24, 2.45) is 0 Å². The van der Waals surface area contributed by atoms with Crippen molar-refractivity contribution >= 4 is 55.8 Å². The number of aryl methyl sites for hydroxylation is 1. The predicted octanol–water partition coefficient (Wildman–Crippen LogP) is 3.93. The number of hydrogen-bond donors (Lipinski definition) is 2. The summed E-state index contributed by atoms with van der Waals surface area (Å²) in [5, 5.41) is 3.28. The molecule has 2 aromatic heterocycles. The normalized spacial score (nSPS) is 14.1. The number of anilines is 4. The first-order valence-corrected chi connectivity index (χ1v) is 12.4. The van der Waals surface area contributed by atoms with Crippen LogP contribution < -0.4 is 14.9 Å². The maximum absolute atomic E-state index is 12.9. The summed E-state index contributed by atoms with van der Waals surface area (Å²) >= 11 is 0.988. The van der Waals surface area contributed by atoms with E-state index in [0.717, 1.165) is 36.3 Å². The minimum atomic E-state index is -3.79. The number of nitrogens with one attached hydrogen (secondary N) is 2. The van der Waals surface area contributed by atoms with Crippen molar-refractivity contribution in [1.29, 1.82) is 0 Å². The molecule has 164 valence electrons. The highest BCUT2D eigenvalue weighted by atomic mass is 32.2. The van der Waals surface area contributed by atoms with E-state index in [1.807, 2.05) is 13.0 Å². The average molecular weight is 468 g/mol. The Hall–Kier alpha value is -3.31. The van der Waals surface area contributed by atoms with Crippen LogP contribution in [0.4, 0.5) is 23.0 Å². The first-order chi connectivity index (χ1) is 15.5. The molecule has 0 saturated carbocycles. The minimum Gasteiger partial charge on any atom is -0.356 e. The molecule has 2 N–H and O–H groups in total. The van der Waals surface area contributed by atoms with E-state index in [0.29, 0.717) is 28.4 Å². The number of sulfonamides is 1. The molecule has 9 nitrogen and oxygen atoms in total. The zero-order valence-electron chi connectivity index (χ0n) is 17.3. The summed E-state index contributed by atoms with van der Waals surface area (Å²) in [6.07, 6.45) is 2.35. The SMILES string of the molecule is Cc1nc(Nc2ccc(NS(=O)(=O)c3cccc4nsnc34)cc2)cc(N2CCCC2)n1. The van der Waals surface area contributed by atoms with Gasteiger partial charge in [0.2, 0.25) is 0 Å². The molecule has 0 unspecified atom stereocenters. The van der Waals surface area contributed by atoms with Crippen molar-refractivity contribution in [1.82, 2.24) is 18.7 Å². The van der Waals surface area contributed by atoms with Crippen molar-refractivity contribution in [2.45, 2.75) is 24.7 Å². The summed E-state index contributed by atoms with van der Waals surface area (Å²) in [6, 6.07) is 13.9. The molecule has 1 aliphatic rings. The van der Waals surface area contributed by atoms with Gasteiger partial charge in [-0.05, 0) is 56.2 Å². The Bertz CT molecular complexity index is 1360. The Labute approximate surface area is 189 Å². The monoisotopic (exact) mass is 467 g/mol. The zero-order chi connectivity index (χ0) is 22.1. The molecule has 32 heavy (non-hydrogen) atoms. The van der Waals surface area contributed by atoms with Crippen molar-refractivity contribution in [2.75, 3.05) is 28.0 Å². The van der Waals surface area contributed by atoms with Gasteiger partial charge in [-0.3, -0.25) is 4.72 Å². The molecule has 0 spiro atoms. The van der Waals surface area contributed by atoms with E-state index in [-0.39, 0.29) is 4.90 Å². The molecule has 1 saturated heterocycles. The van der Waals surface area contributed by atoms with Crippen LogP contribution in [0.25, 0.3) is 11.0 Å². The Balaban J connectivity index is 1.33. The van der Waals surface area contributed by atoms with E-state index in [1.165, 1.54) is 18.9 Å². The Morgan fingerprint density at radius 2 is 1.72 bits per heavy atom. The van der Waals surface area contributed by atoms with Gasteiger partial charge in [0, 0.05) is 30.5 Å². The van der Waals surface area contributed by atoms with Crippen molar-refractivity contribution < 1.29 is 8.42 Å². The smallest absolute Gasteiger partial charge is 0.264 e. The van der Waals surface area contributed by atoms with E-state index in [2.05, 4.69) is 33.7 Å². The molecule has 5 rings (SSSR count). The molecule has 4 aromatic rings. The van der Waals surface area contributed by atoms with Gasteiger partial charge in [0.25, 0.3) is 10.0 Å². The second kappa shape index (κ2) is 8.32. The Kier molecular flexibility index (Phi) is 5.35. The van der Waals surface area contributed by atoms with Gasteiger partial charge >= 0.3 is 0 Å². The molecular formula is C21H21N7O2S2. The van der Waals surface area contributed by atoms with Crippen LogP contribution in [0.5, 0.6) is 0 Å². The van der Waals surface area contributed by atoms with Gasteiger partial charge in [0.05, 0.1) is 11.7 Å². The molecule has 0 atom stereocenters. The molecule has 1 fully saturated rings. The van der Waals surface area contributed by atoms with Gasteiger partial charge in [-0.25, -0.2) is 18.4 Å². The first kappa shape index (κ1) is 20.6. The van der Waals surface area contributed by atoms with Gasteiger partial charge in [0.1, 0.15) is 33.4 Å². The van der Waals surface area contributed by atoms with Gasteiger partial charge in [-0.15, -0.1) is 0 Å². The molecule has 3 heterocycles. The number of nitrogens with zero attached hydrogens (tertiary/aromatic N) is 5. The van der Waals surface area contributed by atoms with Crippen molar-refractivity contribution in [3.8, 4) is 0 Å². The van der Waals surface area contributed by atoms with E-state index >= 15 is 0 Å². The lowest BCUT2D eigenvalue weighted by molar-refractivity contribution is 0.602. The minimum absolute atomic E-state index is 0.108. The van der Waals surface area contributed by atoms with Crippen molar-refractivity contribution in [3.05, 3.63) is 54.4 Å². The fraction of sp³-hybridized carbons (Fsp3) is 0.238. The molecule has 0 bridgehead atoms. The van der Waals surface area contributed by atoms with Crippen LogP contribution in [-0.2, 0) is 10.0 Å². The number of fused-ring (bicyclic) bond motifs is 1. The molecule has 0 aliphatic carbocycles. The van der Waals surface area contributed by atoms with Crippen LogP contribution in [0.3, 0.4) is 0 Å². The number of hydrogen-bond acceptors (Lipinski definition) is 9. The lowest BCUT2D eigenvalue weighted by Crippen LogP contribution is -2.19. The maximum atomic E-state index is 12.9. The predicted molar refractivity (Wildman–Crippen MR) is 126 cm³/mol. The summed E-state index contributed by atoms with van der Waals surface area (Å²) in [5.74, 6) is 2.33.